The average Bonchev–Trinajstić information content (AvgIpc) is 3.18. The molecule has 4 aromatic rings. The van der Waals surface area contributed by atoms with Gasteiger partial charge in [0, 0.05) is 30.3 Å². The van der Waals surface area contributed by atoms with Crippen molar-refractivity contribution in [2.24, 2.45) is 0 Å². The first-order valence-electron chi connectivity index (χ1n) is 14.6. The van der Waals surface area contributed by atoms with Crippen LogP contribution in [-0.4, -0.2) is 72.0 Å². The number of nitrogens with zero attached hydrogens (tertiary/aromatic N) is 4. The number of anilines is 1. The van der Waals surface area contributed by atoms with Crippen LogP contribution in [0.15, 0.2) is 83.8 Å². The normalized spacial score (nSPS) is 19.1. The summed E-state index contributed by atoms with van der Waals surface area (Å²) >= 11 is 0. The first kappa shape index (κ1) is 30.1. The van der Waals surface area contributed by atoms with E-state index in [1.165, 1.54) is 23.1 Å². The largest absolute Gasteiger partial charge is 0.470 e. The maximum atomic E-state index is 13.9. The molecule has 232 valence electrons. The molecule has 0 radical (unpaired) electrons. The van der Waals surface area contributed by atoms with Crippen LogP contribution in [0.3, 0.4) is 0 Å². The molecule has 0 saturated carbocycles. The number of aryl methyl sites for hydroxylation is 2. The minimum Gasteiger partial charge on any atom is -0.470 e. The molecule has 3 aromatic carbocycles. The highest BCUT2D eigenvalue weighted by Crippen LogP contribution is 2.31. The number of rotatable bonds is 3. The van der Waals surface area contributed by atoms with Crippen LogP contribution in [0.4, 0.5) is 10.7 Å². The predicted octanol–water partition coefficient (Wildman–Crippen LogP) is 4.81. The van der Waals surface area contributed by atoms with Crippen molar-refractivity contribution in [3.63, 3.8) is 0 Å². The standard InChI is InChI=1S/C33H33N5O6S/c1-21-9-7-10-22(2)30(21)27-18-29-35-32(34-27)36-45(41,42)26-14-8-13-25(17-26)31(39)38-16-15-37(19-28(44-29)23(38)3)33(40)43-20-24-11-5-4-6-12-24/h4-14,17-18,23,28H,15-16,19-20H2,1-3H3,(H,34,35,36)/t23-,28-/m1/s1. The summed E-state index contributed by atoms with van der Waals surface area (Å²) in [5.74, 6) is -0.477. The lowest BCUT2D eigenvalue weighted by molar-refractivity contribution is 0.0508. The summed E-state index contributed by atoms with van der Waals surface area (Å²) in [7, 11) is -4.16. The van der Waals surface area contributed by atoms with Crippen LogP contribution < -0.4 is 9.46 Å². The number of amides is 2. The highest BCUT2D eigenvalue weighted by atomic mass is 32.2. The van der Waals surface area contributed by atoms with Gasteiger partial charge in [0.05, 0.1) is 23.2 Å². The van der Waals surface area contributed by atoms with Crippen molar-refractivity contribution in [2.45, 2.75) is 44.4 Å². The summed E-state index contributed by atoms with van der Waals surface area (Å²) in [5, 5.41) is 0. The molecule has 6 bridgehead atoms. The van der Waals surface area contributed by atoms with Gasteiger partial charge >= 0.3 is 6.09 Å². The van der Waals surface area contributed by atoms with Gasteiger partial charge < -0.3 is 19.3 Å². The molecule has 1 fully saturated rings. The quantitative estimate of drug-likeness (QED) is 0.343. The topological polar surface area (TPSA) is 131 Å². The van der Waals surface area contributed by atoms with Gasteiger partial charge in [-0.25, -0.2) is 22.9 Å². The number of fused-ring (bicyclic) bond motifs is 6. The molecule has 3 heterocycles. The van der Waals surface area contributed by atoms with Gasteiger partial charge in [-0.15, -0.1) is 0 Å². The minimum absolute atomic E-state index is 0.0926. The third-order valence-electron chi connectivity index (χ3n) is 8.09. The van der Waals surface area contributed by atoms with Crippen LogP contribution in [-0.2, 0) is 21.4 Å². The Morgan fingerprint density at radius 2 is 1.71 bits per heavy atom. The van der Waals surface area contributed by atoms with E-state index in [0.717, 1.165) is 22.3 Å². The third-order valence-corrected chi connectivity index (χ3v) is 9.42. The smallest absolute Gasteiger partial charge is 0.410 e. The van der Waals surface area contributed by atoms with Crippen LogP contribution in [0.25, 0.3) is 11.3 Å². The Balaban J connectivity index is 1.43. The van der Waals surface area contributed by atoms with E-state index in [1.54, 1.807) is 17.0 Å². The molecule has 1 aromatic heterocycles. The van der Waals surface area contributed by atoms with E-state index in [4.69, 9.17) is 9.47 Å². The fraction of sp³-hybridized carbons (Fsp3) is 0.273. The van der Waals surface area contributed by atoms with Crippen LogP contribution in [0.2, 0.25) is 0 Å². The Kier molecular flexibility index (Phi) is 8.15. The summed E-state index contributed by atoms with van der Waals surface area (Å²) in [6, 6.07) is 22.1. The molecule has 45 heavy (non-hydrogen) atoms. The molecule has 2 amide bonds. The highest BCUT2D eigenvalue weighted by molar-refractivity contribution is 7.92. The van der Waals surface area contributed by atoms with E-state index in [-0.39, 0.29) is 54.4 Å². The lowest BCUT2D eigenvalue weighted by Crippen LogP contribution is -2.48. The van der Waals surface area contributed by atoms with E-state index < -0.39 is 28.3 Å². The Morgan fingerprint density at radius 3 is 2.47 bits per heavy atom. The van der Waals surface area contributed by atoms with Crippen LogP contribution in [0, 0.1) is 13.8 Å². The SMILES string of the molecule is Cc1cccc(C)c1-c1cc2nc(n1)NS(=O)(=O)c1cccc(c1)C(=O)N1CCN(C(=O)OCc3ccccc3)C[C@@H](O2)[C@H]1C. The predicted molar refractivity (Wildman–Crippen MR) is 167 cm³/mol. The molecular weight excluding hydrogens is 594 g/mol. The van der Waals surface area contributed by atoms with Gasteiger partial charge in [0.15, 0.2) is 0 Å². The van der Waals surface area contributed by atoms with Crippen molar-refractivity contribution in [3.05, 3.63) is 101 Å². The molecule has 11 nitrogen and oxygen atoms in total. The zero-order valence-electron chi connectivity index (χ0n) is 25.1. The molecule has 6 rings (SSSR count). The van der Waals surface area contributed by atoms with Crippen LogP contribution >= 0.6 is 0 Å². The van der Waals surface area contributed by atoms with E-state index in [9.17, 15) is 18.0 Å². The van der Waals surface area contributed by atoms with E-state index >= 15 is 0 Å². The average molecular weight is 628 g/mol. The number of aromatic nitrogens is 2. The molecule has 0 aliphatic carbocycles. The monoisotopic (exact) mass is 627 g/mol. The second-order valence-corrected chi connectivity index (χ2v) is 12.9. The molecule has 0 spiro atoms. The van der Waals surface area contributed by atoms with Gasteiger partial charge in [0.25, 0.3) is 15.9 Å². The van der Waals surface area contributed by atoms with E-state index in [2.05, 4.69) is 14.7 Å². The van der Waals surface area contributed by atoms with Gasteiger partial charge in [-0.2, -0.15) is 4.98 Å². The number of carbonyl (C=O) groups is 2. The van der Waals surface area contributed by atoms with Crippen molar-refractivity contribution < 1.29 is 27.5 Å². The second-order valence-electron chi connectivity index (χ2n) is 11.2. The zero-order chi connectivity index (χ0) is 31.7. The molecule has 1 saturated heterocycles. The third kappa shape index (κ3) is 6.32. The number of sulfonamides is 1. The molecule has 2 atom stereocenters. The lowest BCUT2D eigenvalue weighted by atomic mass is 10.00. The molecule has 2 aliphatic rings. The fourth-order valence-corrected chi connectivity index (χ4v) is 6.66. The fourth-order valence-electron chi connectivity index (χ4n) is 5.67. The van der Waals surface area contributed by atoms with Crippen molar-refractivity contribution in [3.8, 4) is 17.1 Å². The summed E-state index contributed by atoms with van der Waals surface area (Å²) in [6.45, 7) is 6.29. The van der Waals surface area contributed by atoms with Crippen molar-refractivity contribution in [2.75, 3.05) is 24.4 Å². The second kappa shape index (κ2) is 12.2. The molecule has 0 unspecified atom stereocenters. The van der Waals surface area contributed by atoms with Gasteiger partial charge in [0.1, 0.15) is 12.7 Å². The number of hydrogen-bond donors (Lipinski definition) is 1. The first-order chi connectivity index (χ1) is 21.6. The summed E-state index contributed by atoms with van der Waals surface area (Å²) in [4.78, 5) is 39.2. The maximum absolute atomic E-state index is 13.9. The lowest BCUT2D eigenvalue weighted by Gasteiger charge is -2.32. The summed E-state index contributed by atoms with van der Waals surface area (Å²) in [6.07, 6.45) is -1.28. The van der Waals surface area contributed by atoms with Gasteiger partial charge in [-0.3, -0.25) is 4.79 Å². The molecule has 2 aliphatic heterocycles. The number of nitrogens with one attached hydrogen (secondary N) is 1. The minimum atomic E-state index is -4.16. The highest BCUT2D eigenvalue weighted by Gasteiger charge is 2.37. The number of carbonyl (C=O) groups excluding carboxylic acids is 2. The first-order valence-corrected chi connectivity index (χ1v) is 16.1. The number of ether oxygens (including phenoxy) is 2. The van der Waals surface area contributed by atoms with Gasteiger partial charge in [0.2, 0.25) is 11.8 Å². The summed E-state index contributed by atoms with van der Waals surface area (Å²) < 4.78 is 41.5. The molecular formula is C33H33N5O6S. The van der Waals surface area contributed by atoms with Crippen molar-refractivity contribution >= 4 is 28.0 Å². The number of hydrogen-bond acceptors (Lipinski definition) is 8. The summed E-state index contributed by atoms with van der Waals surface area (Å²) in [5.41, 5.74) is 4.19. The van der Waals surface area contributed by atoms with Crippen LogP contribution in [0.1, 0.15) is 34.0 Å². The Morgan fingerprint density at radius 1 is 0.978 bits per heavy atom. The molecule has 12 heteroatoms. The van der Waals surface area contributed by atoms with Gasteiger partial charge in [-0.1, -0.05) is 54.6 Å². The Hall–Kier alpha value is -4.97. The van der Waals surface area contributed by atoms with Crippen molar-refractivity contribution in [1.82, 2.24) is 19.8 Å². The zero-order valence-corrected chi connectivity index (χ0v) is 26.0. The Labute approximate surface area is 261 Å². The van der Waals surface area contributed by atoms with E-state index in [1.807, 2.05) is 69.3 Å². The van der Waals surface area contributed by atoms with Crippen molar-refractivity contribution in [1.29, 1.82) is 0 Å². The number of benzene rings is 3. The van der Waals surface area contributed by atoms with Crippen LogP contribution in [0.5, 0.6) is 5.88 Å². The molecule has 1 N–H and O–H groups in total. The van der Waals surface area contributed by atoms with E-state index in [0.29, 0.717) is 5.69 Å². The Bertz CT molecular complexity index is 1850. The van der Waals surface area contributed by atoms with Gasteiger partial charge in [-0.05, 0) is 55.7 Å². The maximum Gasteiger partial charge on any atom is 0.410 e.